The van der Waals surface area contributed by atoms with Crippen molar-refractivity contribution in [3.63, 3.8) is 0 Å². The highest BCUT2D eigenvalue weighted by Gasteiger charge is 2.37. The zero-order valence-electron chi connectivity index (χ0n) is 10.6. The molecule has 0 bridgehead atoms. The summed E-state index contributed by atoms with van der Waals surface area (Å²) in [5.74, 6) is -0.672. The van der Waals surface area contributed by atoms with E-state index < -0.39 is 17.6 Å². The van der Waals surface area contributed by atoms with E-state index in [1.54, 1.807) is 0 Å². The van der Waals surface area contributed by atoms with E-state index in [0.29, 0.717) is 0 Å². The summed E-state index contributed by atoms with van der Waals surface area (Å²) in [6, 6.07) is 3.42. The Morgan fingerprint density at radius 3 is 2.42 bits per heavy atom. The normalized spacial score (nSPS) is 15.2. The monoisotopic (exact) mass is 273 g/mol. The molecule has 0 N–H and O–H groups in total. The van der Waals surface area contributed by atoms with Gasteiger partial charge in [-0.1, -0.05) is 0 Å². The molecule has 1 aromatic carbocycles. The van der Waals surface area contributed by atoms with Crippen LogP contribution in [-0.4, -0.2) is 31.0 Å². The summed E-state index contributed by atoms with van der Waals surface area (Å²) >= 11 is 0. The maximum Gasteiger partial charge on any atom is 0.419 e. The van der Waals surface area contributed by atoms with Gasteiger partial charge in [-0.25, -0.2) is 0 Å². The maximum atomic E-state index is 13.0. The third-order valence-electron chi connectivity index (χ3n) is 2.76. The van der Waals surface area contributed by atoms with Gasteiger partial charge >= 0.3 is 6.18 Å². The van der Waals surface area contributed by atoms with Gasteiger partial charge in [0.05, 0.1) is 11.7 Å². The standard InChI is InChI=1S/C13H14F3NO2/c1-17(2)12(18)8-3-6-11(19-9-4-5-9)10(7-8)13(14,15)16/h3,6-7,9H,4-5H2,1-2H3. The predicted molar refractivity (Wildman–Crippen MR) is 63.1 cm³/mol. The summed E-state index contributed by atoms with van der Waals surface area (Å²) in [5, 5.41) is 0. The molecular formula is C13H14F3NO2. The van der Waals surface area contributed by atoms with Crippen molar-refractivity contribution in [3.05, 3.63) is 29.3 Å². The number of amides is 1. The molecule has 0 heterocycles. The fourth-order valence-electron chi connectivity index (χ4n) is 1.61. The van der Waals surface area contributed by atoms with Crippen LogP contribution in [0.15, 0.2) is 18.2 Å². The number of hydrogen-bond acceptors (Lipinski definition) is 2. The van der Waals surface area contributed by atoms with Crippen LogP contribution in [0.4, 0.5) is 13.2 Å². The SMILES string of the molecule is CN(C)C(=O)c1ccc(OC2CC2)c(C(F)(F)F)c1. The Bertz CT molecular complexity index is 493. The molecular weight excluding hydrogens is 259 g/mol. The predicted octanol–water partition coefficient (Wildman–Crippen LogP) is 2.95. The zero-order chi connectivity index (χ0) is 14.2. The van der Waals surface area contributed by atoms with E-state index in [9.17, 15) is 18.0 Å². The van der Waals surface area contributed by atoms with E-state index in [0.717, 1.165) is 18.9 Å². The van der Waals surface area contributed by atoms with E-state index in [1.165, 1.54) is 31.1 Å². The average Bonchev–Trinajstić information content (AvgIpc) is 3.11. The van der Waals surface area contributed by atoms with Crippen LogP contribution < -0.4 is 4.74 Å². The summed E-state index contributed by atoms with van der Waals surface area (Å²) in [5.41, 5.74) is -0.896. The Labute approximate surface area is 109 Å². The number of alkyl halides is 3. The van der Waals surface area contributed by atoms with Crippen LogP contribution in [0.3, 0.4) is 0 Å². The molecule has 3 nitrogen and oxygen atoms in total. The number of ether oxygens (including phenoxy) is 1. The van der Waals surface area contributed by atoms with Gasteiger partial charge in [0.1, 0.15) is 5.75 Å². The number of halogens is 3. The minimum atomic E-state index is -4.53. The highest BCUT2D eigenvalue weighted by molar-refractivity contribution is 5.94. The molecule has 1 aliphatic rings. The largest absolute Gasteiger partial charge is 0.490 e. The Hall–Kier alpha value is -1.72. The molecule has 2 rings (SSSR count). The van der Waals surface area contributed by atoms with Crippen molar-refractivity contribution >= 4 is 5.91 Å². The van der Waals surface area contributed by atoms with Gasteiger partial charge < -0.3 is 9.64 Å². The number of carbonyl (C=O) groups is 1. The molecule has 1 aliphatic carbocycles. The second-order valence-electron chi connectivity index (χ2n) is 4.73. The van der Waals surface area contributed by atoms with Gasteiger partial charge in [-0.3, -0.25) is 4.79 Å². The van der Waals surface area contributed by atoms with Gasteiger partial charge in [0.2, 0.25) is 0 Å². The minimum Gasteiger partial charge on any atom is -0.490 e. The van der Waals surface area contributed by atoms with Crippen molar-refractivity contribution in [1.29, 1.82) is 0 Å². The number of nitrogens with zero attached hydrogens (tertiary/aromatic N) is 1. The Morgan fingerprint density at radius 2 is 1.95 bits per heavy atom. The summed E-state index contributed by atoms with van der Waals surface area (Å²) in [4.78, 5) is 12.9. The lowest BCUT2D eigenvalue weighted by Crippen LogP contribution is -2.22. The van der Waals surface area contributed by atoms with Gasteiger partial charge in [-0.2, -0.15) is 13.2 Å². The highest BCUT2D eigenvalue weighted by atomic mass is 19.4. The molecule has 0 radical (unpaired) electrons. The van der Waals surface area contributed by atoms with Crippen LogP contribution in [0.5, 0.6) is 5.75 Å². The lowest BCUT2D eigenvalue weighted by atomic mass is 10.1. The van der Waals surface area contributed by atoms with Crippen molar-refractivity contribution in [1.82, 2.24) is 4.90 Å². The molecule has 0 atom stereocenters. The number of hydrogen-bond donors (Lipinski definition) is 0. The maximum absolute atomic E-state index is 13.0. The van der Waals surface area contributed by atoms with Crippen molar-refractivity contribution < 1.29 is 22.7 Å². The first-order chi connectivity index (χ1) is 8.79. The molecule has 1 saturated carbocycles. The number of rotatable bonds is 3. The molecule has 0 spiro atoms. The molecule has 0 saturated heterocycles. The third kappa shape index (κ3) is 3.19. The van der Waals surface area contributed by atoms with E-state index in [2.05, 4.69) is 0 Å². The van der Waals surface area contributed by atoms with Crippen LogP contribution in [0.25, 0.3) is 0 Å². The van der Waals surface area contributed by atoms with Crippen LogP contribution in [-0.2, 0) is 6.18 Å². The molecule has 1 aromatic rings. The number of carbonyl (C=O) groups excluding carboxylic acids is 1. The van der Waals surface area contributed by atoms with Crippen molar-refractivity contribution in [2.45, 2.75) is 25.1 Å². The molecule has 0 aliphatic heterocycles. The van der Waals surface area contributed by atoms with E-state index >= 15 is 0 Å². The zero-order valence-corrected chi connectivity index (χ0v) is 10.6. The third-order valence-corrected chi connectivity index (χ3v) is 2.76. The summed E-state index contributed by atoms with van der Waals surface area (Å²) in [7, 11) is 2.98. The van der Waals surface area contributed by atoms with Crippen LogP contribution in [0.2, 0.25) is 0 Å². The molecule has 104 valence electrons. The van der Waals surface area contributed by atoms with Crippen molar-refractivity contribution in [2.24, 2.45) is 0 Å². The molecule has 1 fully saturated rings. The molecule has 0 unspecified atom stereocenters. The van der Waals surface area contributed by atoms with E-state index in [-0.39, 0.29) is 17.4 Å². The second-order valence-corrected chi connectivity index (χ2v) is 4.73. The second kappa shape index (κ2) is 4.75. The smallest absolute Gasteiger partial charge is 0.419 e. The molecule has 19 heavy (non-hydrogen) atoms. The number of benzene rings is 1. The van der Waals surface area contributed by atoms with Crippen molar-refractivity contribution in [2.75, 3.05) is 14.1 Å². The summed E-state index contributed by atoms with van der Waals surface area (Å²) in [6.45, 7) is 0. The van der Waals surface area contributed by atoms with Crippen LogP contribution in [0.1, 0.15) is 28.8 Å². The average molecular weight is 273 g/mol. The lowest BCUT2D eigenvalue weighted by molar-refractivity contribution is -0.139. The van der Waals surface area contributed by atoms with E-state index in [1.807, 2.05) is 0 Å². The van der Waals surface area contributed by atoms with Crippen LogP contribution >= 0.6 is 0 Å². The van der Waals surface area contributed by atoms with E-state index in [4.69, 9.17) is 4.74 Å². The fourth-order valence-corrected chi connectivity index (χ4v) is 1.61. The first-order valence-corrected chi connectivity index (χ1v) is 5.88. The van der Waals surface area contributed by atoms with Gasteiger partial charge in [0.25, 0.3) is 5.91 Å². The first kappa shape index (κ1) is 13.7. The quantitative estimate of drug-likeness (QED) is 0.847. The summed E-state index contributed by atoms with van der Waals surface area (Å²) < 4.78 is 44.1. The Balaban J connectivity index is 2.37. The van der Waals surface area contributed by atoms with Gasteiger partial charge in [0.15, 0.2) is 0 Å². The molecule has 6 heteroatoms. The van der Waals surface area contributed by atoms with Gasteiger partial charge in [-0.05, 0) is 31.0 Å². The van der Waals surface area contributed by atoms with Gasteiger partial charge in [-0.15, -0.1) is 0 Å². The molecule has 0 aromatic heterocycles. The summed E-state index contributed by atoms with van der Waals surface area (Å²) in [6.07, 6.45) is -3.12. The Kier molecular flexibility index (Phi) is 3.43. The minimum absolute atomic E-state index is 0.000437. The first-order valence-electron chi connectivity index (χ1n) is 5.88. The van der Waals surface area contributed by atoms with Gasteiger partial charge in [0, 0.05) is 19.7 Å². The highest BCUT2D eigenvalue weighted by Crippen LogP contribution is 2.39. The lowest BCUT2D eigenvalue weighted by Gasteiger charge is -2.16. The Morgan fingerprint density at radius 1 is 1.32 bits per heavy atom. The topological polar surface area (TPSA) is 29.5 Å². The van der Waals surface area contributed by atoms with Crippen molar-refractivity contribution in [3.8, 4) is 5.75 Å². The van der Waals surface area contributed by atoms with Crippen LogP contribution in [0, 0.1) is 0 Å². The molecule has 1 amide bonds. The fraction of sp³-hybridized carbons (Fsp3) is 0.462.